The highest BCUT2D eigenvalue weighted by molar-refractivity contribution is 7.22. The van der Waals surface area contributed by atoms with E-state index in [0.29, 0.717) is 16.6 Å². The van der Waals surface area contributed by atoms with Crippen molar-refractivity contribution in [3.8, 4) is 11.5 Å². The van der Waals surface area contributed by atoms with Crippen LogP contribution in [0.15, 0.2) is 36.4 Å². The Kier molecular flexibility index (Phi) is 3.98. The summed E-state index contributed by atoms with van der Waals surface area (Å²) < 4.78 is 11.5. The highest BCUT2D eigenvalue weighted by Crippen LogP contribution is 2.36. The molecule has 8 heteroatoms. The molecule has 0 radical (unpaired) electrons. The van der Waals surface area contributed by atoms with Crippen molar-refractivity contribution >= 4 is 38.1 Å². The van der Waals surface area contributed by atoms with E-state index in [1.165, 1.54) is 23.5 Å². The molecule has 0 saturated carbocycles. The van der Waals surface area contributed by atoms with E-state index in [-0.39, 0.29) is 5.69 Å². The van der Waals surface area contributed by atoms with E-state index < -0.39 is 4.92 Å². The first-order valence-corrected chi connectivity index (χ1v) is 7.46. The van der Waals surface area contributed by atoms with Crippen molar-refractivity contribution in [2.45, 2.75) is 0 Å². The lowest BCUT2D eigenvalue weighted by molar-refractivity contribution is -0.384. The van der Waals surface area contributed by atoms with E-state index >= 15 is 0 Å². The third-order valence-corrected chi connectivity index (χ3v) is 4.16. The number of nitro groups is 1. The third-order valence-electron chi connectivity index (χ3n) is 3.22. The number of methoxy groups -OCH3 is 2. The molecule has 3 aromatic rings. The van der Waals surface area contributed by atoms with Gasteiger partial charge in [-0.2, -0.15) is 0 Å². The quantitative estimate of drug-likeness (QED) is 0.562. The van der Waals surface area contributed by atoms with Gasteiger partial charge in [-0.05, 0) is 12.1 Å². The van der Waals surface area contributed by atoms with Gasteiger partial charge in [-0.3, -0.25) is 10.1 Å². The van der Waals surface area contributed by atoms with Gasteiger partial charge in [0, 0.05) is 30.0 Å². The van der Waals surface area contributed by atoms with Crippen molar-refractivity contribution in [1.29, 1.82) is 0 Å². The Hall–Kier alpha value is -2.87. The number of fused-ring (bicyclic) bond motifs is 1. The van der Waals surface area contributed by atoms with E-state index in [4.69, 9.17) is 9.47 Å². The molecule has 0 aliphatic rings. The summed E-state index contributed by atoms with van der Waals surface area (Å²) in [7, 11) is 3.16. The lowest BCUT2D eigenvalue weighted by Gasteiger charge is -2.05. The zero-order valence-corrected chi connectivity index (χ0v) is 13.2. The molecule has 0 bridgehead atoms. The van der Waals surface area contributed by atoms with Gasteiger partial charge < -0.3 is 14.8 Å². The van der Waals surface area contributed by atoms with Crippen LogP contribution < -0.4 is 14.8 Å². The Morgan fingerprint density at radius 3 is 2.39 bits per heavy atom. The van der Waals surface area contributed by atoms with Crippen molar-refractivity contribution in [3.63, 3.8) is 0 Å². The molecule has 0 saturated heterocycles. The lowest BCUT2D eigenvalue weighted by atomic mass is 10.3. The summed E-state index contributed by atoms with van der Waals surface area (Å²) in [6.45, 7) is 0. The van der Waals surface area contributed by atoms with Gasteiger partial charge in [0.25, 0.3) is 5.69 Å². The topological polar surface area (TPSA) is 86.5 Å². The summed E-state index contributed by atoms with van der Waals surface area (Å²) in [5.74, 6) is 1.26. The van der Waals surface area contributed by atoms with Crippen molar-refractivity contribution in [1.82, 2.24) is 4.98 Å². The molecule has 0 spiro atoms. The maximum atomic E-state index is 10.7. The van der Waals surface area contributed by atoms with E-state index in [1.54, 1.807) is 26.4 Å². The van der Waals surface area contributed by atoms with Gasteiger partial charge in [0.05, 0.1) is 29.4 Å². The molecule has 2 aromatic carbocycles. The maximum Gasteiger partial charge on any atom is 0.269 e. The average molecular weight is 331 g/mol. The van der Waals surface area contributed by atoms with Crippen LogP contribution >= 0.6 is 11.3 Å². The SMILES string of the molecule is COc1cc2nc(Nc3ccc([N+](=O)[O-])cc3)sc2cc1OC. The molecule has 0 atom stereocenters. The second kappa shape index (κ2) is 6.09. The summed E-state index contributed by atoms with van der Waals surface area (Å²) in [6, 6.07) is 9.86. The number of aromatic nitrogens is 1. The molecule has 0 aliphatic heterocycles. The van der Waals surface area contributed by atoms with Gasteiger partial charge >= 0.3 is 0 Å². The fourth-order valence-corrected chi connectivity index (χ4v) is 2.99. The fourth-order valence-electron chi connectivity index (χ4n) is 2.10. The Morgan fingerprint density at radius 2 is 1.78 bits per heavy atom. The van der Waals surface area contributed by atoms with Gasteiger partial charge in [0.15, 0.2) is 16.6 Å². The summed E-state index contributed by atoms with van der Waals surface area (Å²) in [6.07, 6.45) is 0. The van der Waals surface area contributed by atoms with Crippen LogP contribution in [-0.2, 0) is 0 Å². The number of thiazole rings is 1. The van der Waals surface area contributed by atoms with Crippen molar-refractivity contribution in [2.75, 3.05) is 19.5 Å². The minimum atomic E-state index is -0.431. The normalized spacial score (nSPS) is 10.5. The van der Waals surface area contributed by atoms with Gasteiger partial charge in [0.1, 0.15) is 0 Å². The molecule has 7 nitrogen and oxygen atoms in total. The molecule has 0 fully saturated rings. The summed E-state index contributed by atoms with van der Waals surface area (Å²) >= 11 is 1.46. The Morgan fingerprint density at radius 1 is 1.13 bits per heavy atom. The van der Waals surface area contributed by atoms with Crippen LogP contribution in [0.4, 0.5) is 16.5 Å². The number of hydrogen-bond donors (Lipinski definition) is 1. The zero-order valence-electron chi connectivity index (χ0n) is 12.4. The molecule has 118 valence electrons. The summed E-state index contributed by atoms with van der Waals surface area (Å²) in [4.78, 5) is 14.7. The standard InChI is InChI=1S/C15H13N3O4S/c1-21-12-7-11-14(8-13(12)22-2)23-15(17-11)16-9-3-5-10(6-4-9)18(19)20/h3-8H,1-2H3,(H,16,17). The molecule has 0 unspecified atom stereocenters. The molecule has 1 aromatic heterocycles. The monoisotopic (exact) mass is 331 g/mol. The van der Waals surface area contributed by atoms with Gasteiger partial charge in [0.2, 0.25) is 0 Å². The van der Waals surface area contributed by atoms with E-state index in [0.717, 1.165) is 15.9 Å². The number of ether oxygens (including phenoxy) is 2. The molecular weight excluding hydrogens is 318 g/mol. The first-order valence-electron chi connectivity index (χ1n) is 6.65. The van der Waals surface area contributed by atoms with Gasteiger partial charge in [-0.15, -0.1) is 0 Å². The molecule has 3 rings (SSSR count). The first-order chi connectivity index (χ1) is 11.1. The van der Waals surface area contributed by atoms with Crippen LogP contribution in [0, 0.1) is 10.1 Å². The maximum absolute atomic E-state index is 10.7. The molecule has 23 heavy (non-hydrogen) atoms. The molecule has 0 aliphatic carbocycles. The highest BCUT2D eigenvalue weighted by atomic mass is 32.1. The lowest BCUT2D eigenvalue weighted by Crippen LogP contribution is -1.91. The van der Waals surface area contributed by atoms with E-state index in [2.05, 4.69) is 10.3 Å². The number of benzene rings is 2. The van der Waals surface area contributed by atoms with E-state index in [9.17, 15) is 10.1 Å². The minimum absolute atomic E-state index is 0.0503. The molecule has 0 amide bonds. The highest BCUT2D eigenvalue weighted by Gasteiger charge is 2.11. The summed E-state index contributed by atoms with van der Waals surface area (Å²) in [5, 5.41) is 14.5. The smallest absolute Gasteiger partial charge is 0.269 e. The number of anilines is 2. The molecule has 1 N–H and O–H groups in total. The first kappa shape index (κ1) is 15.0. The minimum Gasteiger partial charge on any atom is -0.493 e. The fraction of sp³-hybridized carbons (Fsp3) is 0.133. The second-order valence-electron chi connectivity index (χ2n) is 4.62. The van der Waals surface area contributed by atoms with Crippen LogP contribution in [0.5, 0.6) is 11.5 Å². The van der Waals surface area contributed by atoms with Crippen LogP contribution in [0.3, 0.4) is 0 Å². The predicted molar refractivity (Wildman–Crippen MR) is 89.1 cm³/mol. The number of nitrogens with one attached hydrogen (secondary N) is 1. The van der Waals surface area contributed by atoms with Crippen LogP contribution in [0.25, 0.3) is 10.2 Å². The number of nitrogens with zero attached hydrogens (tertiary/aromatic N) is 2. The molecule has 1 heterocycles. The van der Waals surface area contributed by atoms with E-state index in [1.807, 2.05) is 12.1 Å². The van der Waals surface area contributed by atoms with Crippen molar-refractivity contribution in [2.24, 2.45) is 0 Å². The zero-order chi connectivity index (χ0) is 16.4. The largest absolute Gasteiger partial charge is 0.493 e. The Bertz CT molecular complexity index is 820. The number of hydrogen-bond acceptors (Lipinski definition) is 7. The van der Waals surface area contributed by atoms with Crippen LogP contribution in [-0.4, -0.2) is 24.1 Å². The average Bonchev–Trinajstić information content (AvgIpc) is 2.94. The molecular formula is C15H13N3O4S. The number of rotatable bonds is 5. The Labute approximate surface area is 135 Å². The Balaban J connectivity index is 1.89. The summed E-state index contributed by atoms with van der Waals surface area (Å²) in [5.41, 5.74) is 1.57. The number of non-ortho nitro benzene ring substituents is 1. The van der Waals surface area contributed by atoms with Crippen molar-refractivity contribution in [3.05, 3.63) is 46.5 Å². The van der Waals surface area contributed by atoms with Crippen LogP contribution in [0.2, 0.25) is 0 Å². The van der Waals surface area contributed by atoms with Crippen molar-refractivity contribution < 1.29 is 14.4 Å². The van der Waals surface area contributed by atoms with Crippen LogP contribution in [0.1, 0.15) is 0 Å². The third kappa shape index (κ3) is 3.02. The predicted octanol–water partition coefficient (Wildman–Crippen LogP) is 3.97. The second-order valence-corrected chi connectivity index (χ2v) is 5.65. The van der Waals surface area contributed by atoms with Gasteiger partial charge in [-0.25, -0.2) is 4.98 Å². The number of nitro benzene ring substituents is 1. The van der Waals surface area contributed by atoms with Gasteiger partial charge in [-0.1, -0.05) is 11.3 Å².